The average Bonchev–Trinajstić information content (AvgIpc) is 2.49. The predicted octanol–water partition coefficient (Wildman–Crippen LogP) is 2.09. The Kier molecular flexibility index (Phi) is 7.20. The van der Waals surface area contributed by atoms with E-state index in [4.69, 9.17) is 0 Å². The Labute approximate surface area is 130 Å². The third kappa shape index (κ3) is 6.60. The molecule has 1 aliphatic rings. The third-order valence-corrected chi connectivity index (χ3v) is 4.41. The van der Waals surface area contributed by atoms with E-state index >= 15 is 0 Å². The van der Waals surface area contributed by atoms with Gasteiger partial charge in [0.15, 0.2) is 0 Å². The smallest absolute Gasteiger partial charge is 0.0107 e. The fourth-order valence-electron chi connectivity index (χ4n) is 3.03. The molecule has 0 saturated carbocycles. The molecule has 1 aliphatic heterocycles. The van der Waals surface area contributed by atoms with Crippen molar-refractivity contribution in [1.29, 1.82) is 0 Å². The predicted molar refractivity (Wildman–Crippen MR) is 90.7 cm³/mol. The number of hydrogen-bond donors (Lipinski definition) is 1. The first kappa shape index (κ1) is 16.5. The van der Waals surface area contributed by atoms with Gasteiger partial charge in [-0.15, -0.1) is 0 Å². The van der Waals surface area contributed by atoms with Crippen molar-refractivity contribution in [3.63, 3.8) is 0 Å². The van der Waals surface area contributed by atoms with Crippen LogP contribution >= 0.6 is 0 Å². The Morgan fingerprint density at radius 2 is 1.81 bits per heavy atom. The molecule has 3 nitrogen and oxygen atoms in total. The van der Waals surface area contributed by atoms with E-state index < -0.39 is 0 Å². The molecule has 118 valence electrons. The van der Waals surface area contributed by atoms with E-state index in [-0.39, 0.29) is 0 Å². The zero-order chi connectivity index (χ0) is 14.9. The monoisotopic (exact) mass is 289 g/mol. The number of nitrogens with one attached hydrogen (secondary N) is 1. The highest BCUT2D eigenvalue weighted by Gasteiger charge is 2.18. The van der Waals surface area contributed by atoms with Crippen molar-refractivity contribution in [3.8, 4) is 0 Å². The molecule has 0 spiro atoms. The minimum atomic E-state index is 0.880. The van der Waals surface area contributed by atoms with Gasteiger partial charge >= 0.3 is 0 Å². The van der Waals surface area contributed by atoms with Crippen molar-refractivity contribution in [3.05, 3.63) is 35.9 Å². The van der Waals surface area contributed by atoms with E-state index in [1.54, 1.807) is 0 Å². The van der Waals surface area contributed by atoms with Crippen molar-refractivity contribution < 1.29 is 0 Å². The molecule has 0 radical (unpaired) electrons. The van der Waals surface area contributed by atoms with Gasteiger partial charge in [-0.3, -0.25) is 0 Å². The standard InChI is InChI=1S/C18H31N3/c1-20(2)14-10-19-11-15-21-12-8-18(9-13-21)16-17-6-4-3-5-7-17/h3-7,18-19H,8-16H2,1-2H3. The number of rotatable bonds is 8. The van der Waals surface area contributed by atoms with Gasteiger partial charge < -0.3 is 15.1 Å². The highest BCUT2D eigenvalue weighted by Crippen LogP contribution is 2.21. The van der Waals surface area contributed by atoms with Crippen molar-refractivity contribution in [2.45, 2.75) is 19.3 Å². The molecule has 1 fully saturated rings. The quantitative estimate of drug-likeness (QED) is 0.739. The first-order valence-corrected chi connectivity index (χ1v) is 8.36. The Balaban J connectivity index is 1.56. The van der Waals surface area contributed by atoms with Crippen LogP contribution in [0.3, 0.4) is 0 Å². The van der Waals surface area contributed by atoms with Crippen LogP contribution in [-0.4, -0.2) is 63.2 Å². The molecule has 1 aromatic carbocycles. The molecule has 1 saturated heterocycles. The molecular formula is C18H31N3. The number of likely N-dealkylation sites (N-methyl/N-ethyl adjacent to an activating group) is 1. The summed E-state index contributed by atoms with van der Waals surface area (Å²) >= 11 is 0. The molecular weight excluding hydrogens is 258 g/mol. The maximum Gasteiger partial charge on any atom is 0.0107 e. The van der Waals surface area contributed by atoms with Gasteiger partial charge in [0.1, 0.15) is 0 Å². The maximum atomic E-state index is 3.53. The van der Waals surface area contributed by atoms with Gasteiger partial charge in [0.25, 0.3) is 0 Å². The van der Waals surface area contributed by atoms with Crippen molar-refractivity contribution in [2.24, 2.45) is 5.92 Å². The van der Waals surface area contributed by atoms with Crippen LogP contribution < -0.4 is 5.32 Å². The van der Waals surface area contributed by atoms with Crippen LogP contribution in [0.1, 0.15) is 18.4 Å². The lowest BCUT2D eigenvalue weighted by Gasteiger charge is -2.32. The van der Waals surface area contributed by atoms with Crippen LogP contribution in [0.4, 0.5) is 0 Å². The average molecular weight is 289 g/mol. The molecule has 2 rings (SSSR count). The van der Waals surface area contributed by atoms with E-state index in [0.29, 0.717) is 0 Å². The second kappa shape index (κ2) is 9.19. The number of benzene rings is 1. The number of hydrogen-bond acceptors (Lipinski definition) is 3. The van der Waals surface area contributed by atoms with Gasteiger partial charge in [-0.2, -0.15) is 0 Å². The van der Waals surface area contributed by atoms with Gasteiger partial charge in [-0.25, -0.2) is 0 Å². The van der Waals surface area contributed by atoms with Crippen LogP contribution in [0.15, 0.2) is 30.3 Å². The normalized spacial score (nSPS) is 17.5. The summed E-state index contributed by atoms with van der Waals surface area (Å²) in [5.41, 5.74) is 1.50. The summed E-state index contributed by atoms with van der Waals surface area (Å²) in [5, 5.41) is 3.53. The second-order valence-electron chi connectivity index (χ2n) is 6.53. The Morgan fingerprint density at radius 3 is 2.48 bits per heavy atom. The van der Waals surface area contributed by atoms with Crippen LogP contribution in [0, 0.1) is 5.92 Å². The van der Waals surface area contributed by atoms with Crippen LogP contribution in [0.2, 0.25) is 0 Å². The molecule has 0 atom stereocenters. The lowest BCUT2D eigenvalue weighted by Crippen LogP contribution is -2.39. The van der Waals surface area contributed by atoms with E-state index in [1.807, 2.05) is 0 Å². The summed E-state index contributed by atoms with van der Waals surface area (Å²) in [7, 11) is 4.25. The molecule has 1 heterocycles. The van der Waals surface area contributed by atoms with Crippen LogP contribution in [0.5, 0.6) is 0 Å². The van der Waals surface area contributed by atoms with E-state index in [1.165, 1.54) is 44.5 Å². The molecule has 21 heavy (non-hydrogen) atoms. The summed E-state index contributed by atoms with van der Waals surface area (Å²) < 4.78 is 0. The molecule has 0 amide bonds. The lowest BCUT2D eigenvalue weighted by molar-refractivity contribution is 0.184. The fraction of sp³-hybridized carbons (Fsp3) is 0.667. The molecule has 0 bridgehead atoms. The topological polar surface area (TPSA) is 18.5 Å². The molecule has 0 aliphatic carbocycles. The van der Waals surface area contributed by atoms with Crippen molar-refractivity contribution >= 4 is 0 Å². The Bertz CT molecular complexity index is 369. The van der Waals surface area contributed by atoms with E-state index in [0.717, 1.165) is 25.6 Å². The minimum absolute atomic E-state index is 0.880. The zero-order valence-corrected chi connectivity index (χ0v) is 13.7. The Hall–Kier alpha value is -0.900. The van der Waals surface area contributed by atoms with Gasteiger partial charge in [-0.05, 0) is 57.9 Å². The maximum absolute atomic E-state index is 3.53. The number of piperidine rings is 1. The summed E-state index contributed by atoms with van der Waals surface area (Å²) in [6.45, 7) is 7.08. The van der Waals surface area contributed by atoms with E-state index in [9.17, 15) is 0 Å². The first-order chi connectivity index (χ1) is 10.2. The number of nitrogens with zero attached hydrogens (tertiary/aromatic N) is 2. The van der Waals surface area contributed by atoms with Crippen molar-refractivity contribution in [1.82, 2.24) is 15.1 Å². The fourth-order valence-corrected chi connectivity index (χ4v) is 3.03. The van der Waals surface area contributed by atoms with E-state index in [2.05, 4.69) is 59.5 Å². The van der Waals surface area contributed by atoms with Crippen molar-refractivity contribution in [2.75, 3.05) is 53.4 Å². The molecule has 0 aromatic heterocycles. The first-order valence-electron chi connectivity index (χ1n) is 8.36. The van der Waals surface area contributed by atoms with Crippen LogP contribution in [-0.2, 0) is 6.42 Å². The third-order valence-electron chi connectivity index (χ3n) is 4.41. The summed E-state index contributed by atoms with van der Waals surface area (Å²) in [6.07, 6.45) is 3.97. The Morgan fingerprint density at radius 1 is 1.10 bits per heavy atom. The molecule has 0 unspecified atom stereocenters. The SMILES string of the molecule is CN(C)CCNCCN1CCC(Cc2ccccc2)CC1. The zero-order valence-electron chi connectivity index (χ0n) is 13.7. The molecule has 1 aromatic rings. The molecule has 1 N–H and O–H groups in total. The lowest BCUT2D eigenvalue weighted by atomic mass is 9.90. The summed E-state index contributed by atoms with van der Waals surface area (Å²) in [4.78, 5) is 4.84. The highest BCUT2D eigenvalue weighted by atomic mass is 15.1. The highest BCUT2D eigenvalue weighted by molar-refractivity contribution is 5.15. The minimum Gasteiger partial charge on any atom is -0.314 e. The van der Waals surface area contributed by atoms with Gasteiger partial charge in [0.05, 0.1) is 0 Å². The molecule has 3 heteroatoms. The summed E-state index contributed by atoms with van der Waals surface area (Å²) in [6, 6.07) is 10.9. The van der Waals surface area contributed by atoms with Crippen LogP contribution in [0.25, 0.3) is 0 Å². The van der Waals surface area contributed by atoms with Gasteiger partial charge in [-0.1, -0.05) is 30.3 Å². The number of likely N-dealkylation sites (tertiary alicyclic amines) is 1. The van der Waals surface area contributed by atoms with Gasteiger partial charge in [0, 0.05) is 26.2 Å². The summed E-state index contributed by atoms with van der Waals surface area (Å²) in [5.74, 6) is 0.880. The largest absolute Gasteiger partial charge is 0.314 e. The second-order valence-corrected chi connectivity index (χ2v) is 6.53. The van der Waals surface area contributed by atoms with Gasteiger partial charge in [0.2, 0.25) is 0 Å².